The van der Waals surface area contributed by atoms with Crippen molar-refractivity contribution in [2.45, 2.75) is 26.7 Å². The Bertz CT molecular complexity index is 219. The summed E-state index contributed by atoms with van der Waals surface area (Å²) in [4.78, 5) is 10.9. The average Bonchev–Trinajstić information content (AvgIpc) is 2.84. The Morgan fingerprint density at radius 3 is 2.86 bits per heavy atom. The van der Waals surface area contributed by atoms with Crippen molar-refractivity contribution in [1.82, 2.24) is 5.32 Å². The lowest BCUT2D eigenvalue weighted by molar-refractivity contribution is -0.137. The van der Waals surface area contributed by atoms with Gasteiger partial charge in [-0.1, -0.05) is 13.0 Å². The summed E-state index contributed by atoms with van der Waals surface area (Å²) in [5.74, 6) is -0.257. The van der Waals surface area contributed by atoms with E-state index in [0.29, 0.717) is 12.0 Å². The van der Waals surface area contributed by atoms with Gasteiger partial charge in [0.15, 0.2) is 0 Å². The van der Waals surface area contributed by atoms with Crippen LogP contribution < -0.4 is 5.32 Å². The van der Waals surface area contributed by atoms with Crippen LogP contribution >= 0.6 is 0 Å². The molecule has 0 aromatic carbocycles. The SMILES string of the molecule is CCOC(=O)/C=C/CNCC1(C)CC1. The molecule has 80 valence electrons. The molecule has 1 aliphatic rings. The molecule has 1 saturated carbocycles. The van der Waals surface area contributed by atoms with E-state index in [1.165, 1.54) is 18.9 Å². The van der Waals surface area contributed by atoms with E-state index < -0.39 is 0 Å². The Balaban J connectivity index is 1.99. The van der Waals surface area contributed by atoms with Crippen molar-refractivity contribution < 1.29 is 9.53 Å². The highest BCUT2D eigenvalue weighted by molar-refractivity contribution is 5.81. The molecule has 0 aliphatic heterocycles. The van der Waals surface area contributed by atoms with Crippen LogP contribution in [0.25, 0.3) is 0 Å². The van der Waals surface area contributed by atoms with Gasteiger partial charge >= 0.3 is 5.97 Å². The van der Waals surface area contributed by atoms with Gasteiger partial charge in [0, 0.05) is 19.2 Å². The molecule has 0 amide bonds. The largest absolute Gasteiger partial charge is 0.463 e. The van der Waals surface area contributed by atoms with Crippen LogP contribution in [0.4, 0.5) is 0 Å². The molecule has 1 fully saturated rings. The molecule has 1 aliphatic carbocycles. The standard InChI is InChI=1S/C11H19NO2/c1-3-14-10(13)5-4-8-12-9-11(2)6-7-11/h4-5,12H,3,6-9H2,1-2H3/b5-4+. The molecule has 0 atom stereocenters. The molecule has 0 heterocycles. The van der Waals surface area contributed by atoms with Crippen molar-refractivity contribution in [1.29, 1.82) is 0 Å². The molecule has 0 aromatic rings. The van der Waals surface area contributed by atoms with Crippen molar-refractivity contribution in [3.63, 3.8) is 0 Å². The van der Waals surface area contributed by atoms with Crippen LogP contribution in [-0.2, 0) is 9.53 Å². The van der Waals surface area contributed by atoms with E-state index in [1.807, 2.05) is 6.08 Å². The first-order valence-electron chi connectivity index (χ1n) is 5.20. The highest BCUT2D eigenvalue weighted by atomic mass is 16.5. The van der Waals surface area contributed by atoms with Gasteiger partial charge in [-0.05, 0) is 25.2 Å². The minimum absolute atomic E-state index is 0.257. The lowest BCUT2D eigenvalue weighted by atomic mass is 10.1. The smallest absolute Gasteiger partial charge is 0.330 e. The second-order valence-electron chi connectivity index (χ2n) is 4.10. The zero-order valence-corrected chi connectivity index (χ0v) is 9.01. The quantitative estimate of drug-likeness (QED) is 0.398. The summed E-state index contributed by atoms with van der Waals surface area (Å²) < 4.78 is 4.75. The third-order valence-corrected chi connectivity index (χ3v) is 2.46. The van der Waals surface area contributed by atoms with E-state index in [9.17, 15) is 4.79 Å². The molecule has 14 heavy (non-hydrogen) atoms. The van der Waals surface area contributed by atoms with Gasteiger partial charge in [-0.25, -0.2) is 4.79 Å². The van der Waals surface area contributed by atoms with E-state index in [1.54, 1.807) is 6.92 Å². The average molecular weight is 197 g/mol. The maximum absolute atomic E-state index is 10.9. The molecule has 1 rings (SSSR count). The highest BCUT2D eigenvalue weighted by Gasteiger charge is 2.36. The molecule has 3 heteroatoms. The molecule has 0 saturated heterocycles. The van der Waals surface area contributed by atoms with Crippen LogP contribution in [0.1, 0.15) is 26.7 Å². The van der Waals surface area contributed by atoms with Gasteiger partial charge in [-0.15, -0.1) is 0 Å². The van der Waals surface area contributed by atoms with Crippen molar-refractivity contribution in [2.75, 3.05) is 19.7 Å². The van der Waals surface area contributed by atoms with E-state index >= 15 is 0 Å². The van der Waals surface area contributed by atoms with E-state index in [-0.39, 0.29) is 5.97 Å². The summed E-state index contributed by atoms with van der Waals surface area (Å²) in [7, 11) is 0. The van der Waals surface area contributed by atoms with Crippen molar-refractivity contribution >= 4 is 5.97 Å². The first-order chi connectivity index (χ1) is 6.66. The fourth-order valence-corrected chi connectivity index (χ4v) is 1.19. The molecule has 1 N–H and O–H groups in total. The second kappa shape index (κ2) is 5.15. The van der Waals surface area contributed by atoms with Gasteiger partial charge in [0.2, 0.25) is 0 Å². The zero-order valence-electron chi connectivity index (χ0n) is 9.01. The zero-order chi connectivity index (χ0) is 10.4. The van der Waals surface area contributed by atoms with Crippen molar-refractivity contribution in [3.05, 3.63) is 12.2 Å². The monoisotopic (exact) mass is 197 g/mol. The summed E-state index contributed by atoms with van der Waals surface area (Å²) in [6, 6.07) is 0. The molecular weight excluding hydrogens is 178 g/mol. The highest BCUT2D eigenvalue weighted by Crippen LogP contribution is 2.43. The Labute approximate surface area is 85.5 Å². The van der Waals surface area contributed by atoms with Crippen molar-refractivity contribution in [3.8, 4) is 0 Å². The summed E-state index contributed by atoms with van der Waals surface area (Å²) in [5, 5.41) is 3.29. The van der Waals surface area contributed by atoms with E-state index in [0.717, 1.165) is 13.1 Å². The normalized spacial score (nSPS) is 18.4. The van der Waals surface area contributed by atoms with Crippen LogP contribution in [-0.4, -0.2) is 25.7 Å². The number of ether oxygens (including phenoxy) is 1. The molecule has 0 spiro atoms. The minimum Gasteiger partial charge on any atom is -0.463 e. The number of hydrogen-bond donors (Lipinski definition) is 1. The van der Waals surface area contributed by atoms with Crippen LogP contribution in [0.15, 0.2) is 12.2 Å². The Morgan fingerprint density at radius 1 is 1.57 bits per heavy atom. The van der Waals surface area contributed by atoms with E-state index in [2.05, 4.69) is 12.2 Å². The topological polar surface area (TPSA) is 38.3 Å². The van der Waals surface area contributed by atoms with Gasteiger partial charge in [-0.3, -0.25) is 0 Å². The first kappa shape index (κ1) is 11.2. The summed E-state index contributed by atoms with van der Waals surface area (Å²) in [6.07, 6.45) is 5.93. The Kier molecular flexibility index (Phi) is 4.14. The first-order valence-corrected chi connectivity index (χ1v) is 5.20. The number of rotatable bonds is 6. The molecular formula is C11H19NO2. The van der Waals surface area contributed by atoms with Crippen molar-refractivity contribution in [2.24, 2.45) is 5.41 Å². The predicted octanol–water partition coefficient (Wildman–Crippen LogP) is 1.50. The van der Waals surface area contributed by atoms with Gasteiger partial charge in [-0.2, -0.15) is 0 Å². The molecule has 3 nitrogen and oxygen atoms in total. The predicted molar refractivity (Wildman–Crippen MR) is 56.0 cm³/mol. The maximum atomic E-state index is 10.9. The molecule has 0 aromatic heterocycles. The lowest BCUT2D eigenvalue weighted by Gasteiger charge is -2.07. The van der Waals surface area contributed by atoms with Gasteiger partial charge in [0.05, 0.1) is 6.61 Å². The fraction of sp³-hybridized carbons (Fsp3) is 0.727. The second-order valence-corrected chi connectivity index (χ2v) is 4.10. The minimum atomic E-state index is -0.257. The van der Waals surface area contributed by atoms with Gasteiger partial charge in [0.25, 0.3) is 0 Å². The Morgan fingerprint density at radius 2 is 2.29 bits per heavy atom. The third-order valence-electron chi connectivity index (χ3n) is 2.46. The van der Waals surface area contributed by atoms with Gasteiger partial charge < -0.3 is 10.1 Å². The van der Waals surface area contributed by atoms with Crippen LogP contribution in [0.5, 0.6) is 0 Å². The molecule has 0 unspecified atom stereocenters. The number of carbonyl (C=O) groups is 1. The number of esters is 1. The number of carbonyl (C=O) groups excluding carboxylic acids is 1. The summed E-state index contributed by atoms with van der Waals surface area (Å²) in [5.41, 5.74) is 0.526. The maximum Gasteiger partial charge on any atom is 0.330 e. The fourth-order valence-electron chi connectivity index (χ4n) is 1.19. The molecule has 0 bridgehead atoms. The van der Waals surface area contributed by atoms with Gasteiger partial charge in [0.1, 0.15) is 0 Å². The van der Waals surface area contributed by atoms with Crippen LogP contribution in [0.2, 0.25) is 0 Å². The summed E-state index contributed by atoms with van der Waals surface area (Å²) >= 11 is 0. The summed E-state index contributed by atoms with van der Waals surface area (Å²) in [6.45, 7) is 6.30. The third kappa shape index (κ3) is 4.42. The van der Waals surface area contributed by atoms with E-state index in [4.69, 9.17) is 4.74 Å². The number of nitrogens with one attached hydrogen (secondary N) is 1. The van der Waals surface area contributed by atoms with Crippen LogP contribution in [0, 0.1) is 5.41 Å². The van der Waals surface area contributed by atoms with Crippen LogP contribution in [0.3, 0.4) is 0 Å². The number of hydrogen-bond acceptors (Lipinski definition) is 3. The molecule has 0 radical (unpaired) electrons. The Hall–Kier alpha value is -0.830. The lowest BCUT2D eigenvalue weighted by Crippen LogP contribution is -2.22.